The van der Waals surface area contributed by atoms with Crippen LogP contribution in [0.25, 0.3) is 27.0 Å². The van der Waals surface area contributed by atoms with E-state index in [2.05, 4.69) is 0 Å². The van der Waals surface area contributed by atoms with Gasteiger partial charge >= 0.3 is 0 Å². The van der Waals surface area contributed by atoms with E-state index in [1.807, 2.05) is 34.7 Å². The van der Waals surface area contributed by atoms with Crippen LogP contribution in [0.5, 0.6) is 0 Å². The Bertz CT molecular complexity index is 1580. The average Bonchev–Trinajstić information content (AvgIpc) is 3.10. The van der Waals surface area contributed by atoms with E-state index in [0.717, 1.165) is 10.4 Å². The summed E-state index contributed by atoms with van der Waals surface area (Å²) in [7, 11) is 0. The van der Waals surface area contributed by atoms with Crippen molar-refractivity contribution in [1.29, 1.82) is 0 Å². The first kappa shape index (κ1) is 20.4. The molecule has 154 valence electrons. The lowest BCUT2D eigenvalue weighted by atomic mass is 10.1. The van der Waals surface area contributed by atoms with Gasteiger partial charge in [0, 0.05) is 15.6 Å². The standard InChI is InChI=1S/C23H13Cl2FN2OS2/c24-14-6-3-5-13(11-14)20-21-27(12-16-17(25)8-4-9-18(16)26)22(29)15-7-1-2-10-19(15)28(21)23(30)31-20/h1-11H,12H2. The van der Waals surface area contributed by atoms with E-state index in [1.54, 1.807) is 24.3 Å². The van der Waals surface area contributed by atoms with Gasteiger partial charge in [0.05, 0.1) is 22.3 Å². The van der Waals surface area contributed by atoms with Crippen molar-refractivity contribution in [1.82, 2.24) is 8.97 Å². The number of benzene rings is 3. The number of nitrogens with zero attached hydrogens (tertiary/aromatic N) is 2. The molecule has 0 aliphatic heterocycles. The second kappa shape index (κ2) is 7.88. The second-order valence-corrected chi connectivity index (χ2v) is 9.46. The van der Waals surface area contributed by atoms with Crippen molar-refractivity contribution in [2.75, 3.05) is 0 Å². The summed E-state index contributed by atoms with van der Waals surface area (Å²) in [6.07, 6.45) is 0. The van der Waals surface area contributed by atoms with E-state index in [0.29, 0.717) is 25.5 Å². The Balaban J connectivity index is 1.94. The first-order chi connectivity index (χ1) is 15.0. The Hall–Kier alpha value is -2.51. The van der Waals surface area contributed by atoms with Crippen LogP contribution in [0.3, 0.4) is 0 Å². The average molecular weight is 487 g/mol. The van der Waals surface area contributed by atoms with Crippen LogP contribution >= 0.6 is 46.8 Å². The molecule has 0 spiro atoms. The SMILES string of the molecule is O=c1c2ccccc2n2c(=S)sc(-c3cccc(Cl)c3)c2n1Cc1c(F)cccc1Cl. The highest BCUT2D eigenvalue weighted by Gasteiger charge is 2.20. The van der Waals surface area contributed by atoms with E-state index in [-0.39, 0.29) is 22.7 Å². The summed E-state index contributed by atoms with van der Waals surface area (Å²) in [5, 5.41) is 1.33. The Morgan fingerprint density at radius 3 is 2.55 bits per heavy atom. The fourth-order valence-corrected chi connectivity index (χ4v) is 5.56. The van der Waals surface area contributed by atoms with Crippen LogP contribution in [-0.2, 0) is 6.54 Å². The molecule has 0 unspecified atom stereocenters. The van der Waals surface area contributed by atoms with Crippen molar-refractivity contribution < 1.29 is 4.39 Å². The molecule has 0 amide bonds. The molecular formula is C23H13Cl2FN2OS2. The van der Waals surface area contributed by atoms with Crippen molar-refractivity contribution in [2.24, 2.45) is 0 Å². The number of aromatic nitrogens is 2. The van der Waals surface area contributed by atoms with Crippen molar-refractivity contribution in [2.45, 2.75) is 6.54 Å². The van der Waals surface area contributed by atoms with Crippen molar-refractivity contribution >= 4 is 63.3 Å². The predicted octanol–water partition coefficient (Wildman–Crippen LogP) is 7.21. The summed E-state index contributed by atoms with van der Waals surface area (Å²) in [5.41, 5.74) is 2.12. The minimum atomic E-state index is -0.469. The van der Waals surface area contributed by atoms with Crippen molar-refractivity contribution in [3.8, 4) is 10.4 Å². The van der Waals surface area contributed by atoms with Gasteiger partial charge in [-0.25, -0.2) is 4.39 Å². The van der Waals surface area contributed by atoms with Gasteiger partial charge in [-0.15, -0.1) is 11.3 Å². The monoisotopic (exact) mass is 486 g/mol. The summed E-state index contributed by atoms with van der Waals surface area (Å²) in [4.78, 5) is 14.3. The van der Waals surface area contributed by atoms with Crippen LogP contribution in [0, 0.1) is 9.77 Å². The molecule has 5 aromatic rings. The first-order valence-corrected chi connectivity index (χ1v) is 11.3. The minimum Gasteiger partial charge on any atom is -0.288 e. The molecule has 0 bridgehead atoms. The maximum Gasteiger partial charge on any atom is 0.261 e. The highest BCUT2D eigenvalue weighted by molar-refractivity contribution is 7.73. The maximum atomic E-state index is 14.6. The van der Waals surface area contributed by atoms with Gasteiger partial charge in [-0.1, -0.05) is 53.5 Å². The van der Waals surface area contributed by atoms with Gasteiger partial charge in [0.2, 0.25) is 0 Å². The maximum absolute atomic E-state index is 14.6. The molecule has 5 rings (SSSR count). The number of fused-ring (bicyclic) bond motifs is 3. The normalized spacial score (nSPS) is 11.5. The third-order valence-corrected chi connectivity index (χ3v) is 7.13. The van der Waals surface area contributed by atoms with Crippen LogP contribution in [0.1, 0.15) is 5.56 Å². The van der Waals surface area contributed by atoms with Gasteiger partial charge < -0.3 is 0 Å². The molecule has 3 aromatic carbocycles. The Labute approximate surface area is 195 Å². The van der Waals surface area contributed by atoms with Crippen LogP contribution in [0.15, 0.2) is 71.5 Å². The zero-order valence-electron chi connectivity index (χ0n) is 15.8. The van der Waals surface area contributed by atoms with Gasteiger partial charge in [-0.05, 0) is 54.2 Å². The first-order valence-electron chi connectivity index (χ1n) is 9.31. The summed E-state index contributed by atoms with van der Waals surface area (Å²) in [6, 6.07) is 19.1. The number of para-hydroxylation sites is 1. The topological polar surface area (TPSA) is 26.4 Å². The third-order valence-electron chi connectivity index (χ3n) is 5.13. The highest BCUT2D eigenvalue weighted by Crippen LogP contribution is 2.35. The summed E-state index contributed by atoms with van der Waals surface area (Å²) in [6.45, 7) is -0.0300. The number of hydrogen-bond acceptors (Lipinski definition) is 3. The van der Waals surface area contributed by atoms with E-state index >= 15 is 0 Å². The molecule has 0 aliphatic rings. The fourth-order valence-electron chi connectivity index (χ4n) is 3.72. The minimum absolute atomic E-state index is 0.0300. The zero-order valence-corrected chi connectivity index (χ0v) is 19.0. The number of rotatable bonds is 3. The fraction of sp³-hybridized carbons (Fsp3) is 0.0435. The third kappa shape index (κ3) is 3.40. The molecular weight excluding hydrogens is 474 g/mol. The smallest absolute Gasteiger partial charge is 0.261 e. The van der Waals surface area contributed by atoms with E-state index in [9.17, 15) is 9.18 Å². The van der Waals surface area contributed by atoms with Crippen molar-refractivity contribution in [3.05, 3.63) is 102 Å². The Kier molecular flexibility index (Phi) is 5.18. The summed E-state index contributed by atoms with van der Waals surface area (Å²) >= 11 is 19.6. The molecule has 0 radical (unpaired) electrons. The van der Waals surface area contributed by atoms with Crippen molar-refractivity contribution in [3.63, 3.8) is 0 Å². The van der Waals surface area contributed by atoms with E-state index in [4.69, 9.17) is 35.4 Å². The Morgan fingerprint density at radius 2 is 1.77 bits per heavy atom. The van der Waals surface area contributed by atoms with Crippen LogP contribution < -0.4 is 5.56 Å². The second-order valence-electron chi connectivity index (χ2n) is 6.98. The van der Waals surface area contributed by atoms with E-state index in [1.165, 1.54) is 28.0 Å². The Morgan fingerprint density at radius 1 is 1.00 bits per heavy atom. The van der Waals surface area contributed by atoms with Gasteiger partial charge in [-0.3, -0.25) is 13.8 Å². The summed E-state index contributed by atoms with van der Waals surface area (Å²) < 4.78 is 18.6. The summed E-state index contributed by atoms with van der Waals surface area (Å²) in [5.74, 6) is -0.469. The van der Waals surface area contributed by atoms with Crippen LogP contribution in [0.4, 0.5) is 4.39 Å². The van der Waals surface area contributed by atoms with Gasteiger partial charge in [-0.2, -0.15) is 0 Å². The number of hydrogen-bond donors (Lipinski definition) is 0. The molecule has 0 saturated heterocycles. The molecule has 2 aromatic heterocycles. The lowest BCUT2D eigenvalue weighted by molar-refractivity contribution is 0.599. The van der Waals surface area contributed by atoms with Gasteiger partial charge in [0.1, 0.15) is 11.5 Å². The predicted molar refractivity (Wildman–Crippen MR) is 129 cm³/mol. The largest absolute Gasteiger partial charge is 0.288 e. The molecule has 8 heteroatoms. The zero-order chi connectivity index (χ0) is 21.7. The quantitative estimate of drug-likeness (QED) is 0.252. The lowest BCUT2D eigenvalue weighted by Gasteiger charge is -2.14. The van der Waals surface area contributed by atoms with Gasteiger partial charge in [0.25, 0.3) is 5.56 Å². The van der Waals surface area contributed by atoms with Gasteiger partial charge in [0.15, 0.2) is 3.95 Å². The molecule has 31 heavy (non-hydrogen) atoms. The van der Waals surface area contributed by atoms with Crippen LogP contribution in [-0.4, -0.2) is 8.97 Å². The molecule has 0 saturated carbocycles. The molecule has 2 heterocycles. The molecule has 0 N–H and O–H groups in total. The highest BCUT2D eigenvalue weighted by atomic mass is 35.5. The molecule has 0 fully saturated rings. The number of halogens is 3. The lowest BCUT2D eigenvalue weighted by Crippen LogP contribution is -2.24. The van der Waals surface area contributed by atoms with E-state index < -0.39 is 5.82 Å². The van der Waals surface area contributed by atoms with Crippen LogP contribution in [0.2, 0.25) is 10.0 Å². The molecule has 0 aliphatic carbocycles. The number of thiazole rings is 1. The molecule has 0 atom stereocenters. The molecule has 3 nitrogen and oxygen atoms in total.